The summed E-state index contributed by atoms with van der Waals surface area (Å²) < 4.78 is 1.25. The predicted octanol–water partition coefficient (Wildman–Crippen LogP) is 5.10. The lowest BCUT2D eigenvalue weighted by atomic mass is 9.72. The predicted molar refractivity (Wildman–Crippen MR) is 74.3 cm³/mol. The van der Waals surface area contributed by atoms with Crippen molar-refractivity contribution >= 4 is 38.9 Å². The van der Waals surface area contributed by atoms with Gasteiger partial charge in [0.1, 0.15) is 0 Å². The van der Waals surface area contributed by atoms with Crippen LogP contribution in [-0.4, -0.2) is 5.88 Å². The maximum atomic E-state index is 6.31. The van der Waals surface area contributed by atoms with Gasteiger partial charge in [-0.2, -0.15) is 0 Å². The Kier molecular flexibility index (Phi) is 3.10. The summed E-state index contributed by atoms with van der Waals surface area (Å²) >= 11 is 11.7. The van der Waals surface area contributed by atoms with Crippen LogP contribution >= 0.6 is 38.9 Å². The molecular formula is C13H16BrClS. The summed E-state index contributed by atoms with van der Waals surface area (Å²) in [4.78, 5) is 1.50. The van der Waals surface area contributed by atoms with Gasteiger partial charge in [0.25, 0.3) is 0 Å². The molecule has 2 aliphatic rings. The molecule has 16 heavy (non-hydrogen) atoms. The minimum absolute atomic E-state index is 0.425. The Morgan fingerprint density at radius 1 is 1.44 bits per heavy atom. The van der Waals surface area contributed by atoms with Crippen molar-refractivity contribution in [2.75, 3.05) is 5.88 Å². The van der Waals surface area contributed by atoms with Gasteiger partial charge >= 0.3 is 0 Å². The molecule has 1 aromatic heterocycles. The average Bonchev–Trinajstić information content (AvgIpc) is 2.94. The molecule has 88 valence electrons. The van der Waals surface area contributed by atoms with Gasteiger partial charge in [-0.25, -0.2) is 0 Å². The molecule has 2 aliphatic carbocycles. The Labute approximate surface area is 115 Å². The number of alkyl halides is 1. The quantitative estimate of drug-likeness (QED) is 0.680. The van der Waals surface area contributed by atoms with Gasteiger partial charge < -0.3 is 0 Å². The van der Waals surface area contributed by atoms with Crippen LogP contribution in [0, 0.1) is 17.3 Å². The Morgan fingerprint density at radius 3 is 2.81 bits per heavy atom. The molecule has 0 amide bonds. The normalized spacial score (nSPS) is 37.1. The van der Waals surface area contributed by atoms with Crippen LogP contribution in [0.1, 0.15) is 30.6 Å². The highest BCUT2D eigenvalue weighted by atomic mass is 79.9. The van der Waals surface area contributed by atoms with E-state index in [1.54, 1.807) is 0 Å². The molecular weight excluding hydrogens is 304 g/mol. The van der Waals surface area contributed by atoms with Crippen molar-refractivity contribution < 1.29 is 0 Å². The molecule has 1 aromatic rings. The largest absolute Gasteiger partial charge is 0.133 e. The first-order valence-electron chi connectivity index (χ1n) is 6.02. The summed E-state index contributed by atoms with van der Waals surface area (Å²) in [5.74, 6) is 2.73. The van der Waals surface area contributed by atoms with Gasteiger partial charge in [0.05, 0.1) is 3.79 Å². The third-order valence-corrected chi connectivity index (χ3v) is 6.68. The second-order valence-electron chi connectivity index (χ2n) is 5.46. The van der Waals surface area contributed by atoms with E-state index in [4.69, 9.17) is 11.6 Å². The van der Waals surface area contributed by atoms with Crippen LogP contribution < -0.4 is 0 Å². The van der Waals surface area contributed by atoms with E-state index in [9.17, 15) is 0 Å². The van der Waals surface area contributed by atoms with Crippen LogP contribution in [0.2, 0.25) is 0 Å². The third kappa shape index (κ3) is 1.87. The van der Waals surface area contributed by atoms with E-state index in [0.29, 0.717) is 5.41 Å². The van der Waals surface area contributed by atoms with E-state index in [2.05, 4.69) is 28.1 Å². The van der Waals surface area contributed by atoms with Crippen molar-refractivity contribution in [1.29, 1.82) is 0 Å². The zero-order valence-electron chi connectivity index (χ0n) is 9.22. The van der Waals surface area contributed by atoms with Crippen LogP contribution in [0.3, 0.4) is 0 Å². The molecule has 0 N–H and O–H groups in total. The van der Waals surface area contributed by atoms with E-state index in [1.165, 1.54) is 40.8 Å². The summed E-state index contributed by atoms with van der Waals surface area (Å²) in [7, 11) is 0. The Hall–Kier alpha value is 0.470. The van der Waals surface area contributed by atoms with Gasteiger partial charge in [-0.05, 0) is 71.0 Å². The first-order chi connectivity index (χ1) is 7.72. The van der Waals surface area contributed by atoms with Crippen molar-refractivity contribution in [3.05, 3.63) is 20.8 Å². The summed E-state index contributed by atoms with van der Waals surface area (Å²) in [6, 6.07) is 4.42. The molecule has 1 heterocycles. The van der Waals surface area contributed by atoms with Crippen molar-refractivity contribution in [2.45, 2.75) is 32.1 Å². The Morgan fingerprint density at radius 2 is 2.31 bits per heavy atom. The molecule has 2 fully saturated rings. The van der Waals surface area contributed by atoms with Crippen LogP contribution in [0.25, 0.3) is 0 Å². The highest BCUT2D eigenvalue weighted by molar-refractivity contribution is 9.11. The lowest BCUT2D eigenvalue weighted by Crippen LogP contribution is -2.31. The average molecular weight is 320 g/mol. The van der Waals surface area contributed by atoms with Gasteiger partial charge in [0.2, 0.25) is 0 Å². The van der Waals surface area contributed by atoms with Crippen molar-refractivity contribution in [1.82, 2.24) is 0 Å². The Bertz CT molecular complexity index is 389. The van der Waals surface area contributed by atoms with Crippen molar-refractivity contribution in [2.24, 2.45) is 17.3 Å². The lowest BCUT2D eigenvalue weighted by Gasteiger charge is -2.35. The van der Waals surface area contributed by atoms with Gasteiger partial charge in [-0.15, -0.1) is 22.9 Å². The second-order valence-corrected chi connectivity index (χ2v) is 8.27. The number of hydrogen-bond acceptors (Lipinski definition) is 1. The molecule has 3 heteroatoms. The molecule has 0 aromatic carbocycles. The fourth-order valence-electron chi connectivity index (χ4n) is 3.78. The molecule has 3 atom stereocenters. The van der Waals surface area contributed by atoms with Gasteiger partial charge in [0.15, 0.2) is 0 Å². The zero-order valence-corrected chi connectivity index (χ0v) is 12.4. The maximum absolute atomic E-state index is 6.31. The van der Waals surface area contributed by atoms with E-state index in [1.807, 2.05) is 11.3 Å². The SMILES string of the molecule is ClCC1(Cc2ccc(Br)s2)CC2CCC1C2. The molecule has 0 aliphatic heterocycles. The summed E-state index contributed by atoms with van der Waals surface area (Å²) in [5.41, 5.74) is 0.425. The maximum Gasteiger partial charge on any atom is 0.0701 e. The lowest BCUT2D eigenvalue weighted by molar-refractivity contribution is 0.194. The van der Waals surface area contributed by atoms with Gasteiger partial charge in [-0.3, -0.25) is 0 Å². The molecule has 3 unspecified atom stereocenters. The Balaban J connectivity index is 1.81. The fraction of sp³-hybridized carbons (Fsp3) is 0.692. The van der Waals surface area contributed by atoms with Crippen molar-refractivity contribution in [3.63, 3.8) is 0 Å². The zero-order chi connectivity index (χ0) is 11.2. The summed E-state index contributed by atoms with van der Waals surface area (Å²) in [6.07, 6.45) is 6.89. The van der Waals surface area contributed by atoms with Crippen molar-refractivity contribution in [3.8, 4) is 0 Å². The van der Waals surface area contributed by atoms with Crippen LogP contribution in [0.5, 0.6) is 0 Å². The molecule has 0 nitrogen and oxygen atoms in total. The minimum atomic E-state index is 0.425. The smallest absolute Gasteiger partial charge is 0.0701 e. The van der Waals surface area contributed by atoms with Crippen LogP contribution in [0.15, 0.2) is 15.9 Å². The highest BCUT2D eigenvalue weighted by Gasteiger charge is 2.50. The van der Waals surface area contributed by atoms with Crippen LogP contribution in [-0.2, 0) is 6.42 Å². The topological polar surface area (TPSA) is 0 Å². The standard InChI is InChI=1S/C13H16BrClS/c14-12-4-3-11(16-12)7-13(8-15)6-9-1-2-10(13)5-9/h3-4,9-10H,1-2,5-8H2. The number of hydrogen-bond donors (Lipinski definition) is 0. The molecule has 0 radical (unpaired) electrons. The molecule has 2 saturated carbocycles. The monoisotopic (exact) mass is 318 g/mol. The first-order valence-corrected chi connectivity index (χ1v) is 8.16. The molecule has 0 spiro atoms. The molecule has 0 saturated heterocycles. The summed E-state index contributed by atoms with van der Waals surface area (Å²) in [6.45, 7) is 0. The van der Waals surface area contributed by atoms with E-state index < -0.39 is 0 Å². The molecule has 3 rings (SSSR count). The highest BCUT2D eigenvalue weighted by Crippen LogP contribution is 2.58. The van der Waals surface area contributed by atoms with Gasteiger partial charge in [0, 0.05) is 10.8 Å². The van der Waals surface area contributed by atoms with Gasteiger partial charge in [-0.1, -0.05) is 6.42 Å². The molecule has 2 bridgehead atoms. The second kappa shape index (κ2) is 4.29. The van der Waals surface area contributed by atoms with E-state index >= 15 is 0 Å². The number of fused-ring (bicyclic) bond motifs is 2. The van der Waals surface area contributed by atoms with Crippen LogP contribution in [0.4, 0.5) is 0 Å². The number of thiophene rings is 1. The number of halogens is 2. The van der Waals surface area contributed by atoms with E-state index in [0.717, 1.165) is 17.7 Å². The minimum Gasteiger partial charge on any atom is -0.133 e. The fourth-order valence-corrected chi connectivity index (χ4v) is 5.84. The number of rotatable bonds is 3. The van der Waals surface area contributed by atoms with E-state index in [-0.39, 0.29) is 0 Å². The first kappa shape index (κ1) is 11.6. The third-order valence-electron chi connectivity index (χ3n) is 4.52. The summed E-state index contributed by atoms with van der Waals surface area (Å²) in [5, 5.41) is 0.